The summed E-state index contributed by atoms with van der Waals surface area (Å²) in [5.41, 5.74) is 9.83. The lowest BCUT2D eigenvalue weighted by molar-refractivity contribution is 0.422. The number of anilines is 1. The molecule has 0 radical (unpaired) electrons. The predicted octanol–water partition coefficient (Wildman–Crippen LogP) is 3.15. The van der Waals surface area contributed by atoms with Gasteiger partial charge >= 0.3 is 0 Å². The first kappa shape index (κ1) is 10.3. The summed E-state index contributed by atoms with van der Waals surface area (Å²) in [4.78, 5) is 6.39. The van der Waals surface area contributed by atoms with Crippen molar-refractivity contribution in [2.75, 3.05) is 5.73 Å². The van der Waals surface area contributed by atoms with E-state index in [4.69, 9.17) is 10.3 Å². The van der Waals surface area contributed by atoms with E-state index in [1.807, 2.05) is 26.0 Å². The number of pyridine rings is 1. The van der Waals surface area contributed by atoms with Crippen LogP contribution in [0.3, 0.4) is 0 Å². The molecule has 0 spiro atoms. The van der Waals surface area contributed by atoms with Crippen molar-refractivity contribution in [3.63, 3.8) is 0 Å². The summed E-state index contributed by atoms with van der Waals surface area (Å²) >= 11 is 1.55. The van der Waals surface area contributed by atoms with Gasteiger partial charge in [0, 0.05) is 17.1 Å². The first-order valence-electron chi connectivity index (χ1n) is 5.24. The third-order valence-electron chi connectivity index (χ3n) is 2.69. The standard InChI is InChI=1S/C12H11N3OS/c1-6-5-7(2)14-12-9(6)10(13)11(17-12)8-3-4-16-15-8/h3-5H,13H2,1-2H3. The van der Waals surface area contributed by atoms with Gasteiger partial charge in [-0.1, -0.05) is 5.16 Å². The summed E-state index contributed by atoms with van der Waals surface area (Å²) < 4.78 is 4.85. The van der Waals surface area contributed by atoms with Crippen molar-refractivity contribution in [2.45, 2.75) is 13.8 Å². The number of nitrogens with zero attached hydrogens (tertiary/aromatic N) is 2. The molecule has 0 bridgehead atoms. The Hall–Kier alpha value is -1.88. The molecule has 3 aromatic heterocycles. The molecule has 0 saturated carbocycles. The van der Waals surface area contributed by atoms with Crippen molar-refractivity contribution >= 4 is 27.2 Å². The zero-order valence-electron chi connectivity index (χ0n) is 9.52. The third-order valence-corrected chi connectivity index (χ3v) is 3.82. The molecule has 17 heavy (non-hydrogen) atoms. The summed E-state index contributed by atoms with van der Waals surface area (Å²) in [6.07, 6.45) is 1.55. The number of hydrogen-bond acceptors (Lipinski definition) is 5. The van der Waals surface area contributed by atoms with Crippen molar-refractivity contribution in [1.82, 2.24) is 10.1 Å². The maximum Gasteiger partial charge on any atom is 0.126 e. The van der Waals surface area contributed by atoms with Crippen LogP contribution in [0.25, 0.3) is 20.8 Å². The summed E-state index contributed by atoms with van der Waals surface area (Å²) in [6.45, 7) is 4.03. The van der Waals surface area contributed by atoms with Crippen LogP contribution in [0.15, 0.2) is 22.9 Å². The zero-order chi connectivity index (χ0) is 12.0. The van der Waals surface area contributed by atoms with E-state index in [1.54, 1.807) is 17.6 Å². The number of rotatable bonds is 1. The molecule has 0 atom stereocenters. The average molecular weight is 245 g/mol. The van der Waals surface area contributed by atoms with Gasteiger partial charge < -0.3 is 10.3 Å². The van der Waals surface area contributed by atoms with Crippen molar-refractivity contribution in [2.24, 2.45) is 0 Å². The van der Waals surface area contributed by atoms with Gasteiger partial charge in [0.2, 0.25) is 0 Å². The minimum absolute atomic E-state index is 0.740. The normalized spacial score (nSPS) is 11.2. The lowest BCUT2D eigenvalue weighted by Crippen LogP contribution is -1.89. The van der Waals surface area contributed by atoms with Crippen LogP contribution in [0, 0.1) is 13.8 Å². The SMILES string of the molecule is Cc1cc(C)c2c(N)c(-c3ccon3)sc2n1. The second-order valence-corrected chi connectivity index (χ2v) is 4.99. The Morgan fingerprint density at radius 3 is 2.88 bits per heavy atom. The molecule has 0 aliphatic rings. The van der Waals surface area contributed by atoms with Gasteiger partial charge in [-0.15, -0.1) is 11.3 Å². The highest BCUT2D eigenvalue weighted by Gasteiger charge is 2.16. The number of hydrogen-bond donors (Lipinski definition) is 1. The highest BCUT2D eigenvalue weighted by molar-refractivity contribution is 7.22. The Balaban J connectivity index is 2.36. The fraction of sp³-hybridized carbons (Fsp3) is 0.167. The number of aromatic nitrogens is 2. The molecule has 0 aliphatic heterocycles. The fourth-order valence-electron chi connectivity index (χ4n) is 1.99. The summed E-state index contributed by atoms with van der Waals surface area (Å²) in [5.74, 6) is 0. The average Bonchev–Trinajstić information content (AvgIpc) is 2.85. The second-order valence-electron chi connectivity index (χ2n) is 3.99. The Morgan fingerprint density at radius 2 is 2.18 bits per heavy atom. The molecule has 3 aromatic rings. The first-order valence-corrected chi connectivity index (χ1v) is 6.05. The summed E-state index contributed by atoms with van der Waals surface area (Å²) in [6, 6.07) is 3.85. The highest BCUT2D eigenvalue weighted by atomic mass is 32.1. The van der Waals surface area contributed by atoms with Gasteiger partial charge in [0.15, 0.2) is 0 Å². The van der Waals surface area contributed by atoms with Crippen LogP contribution in [-0.2, 0) is 0 Å². The van der Waals surface area contributed by atoms with Crippen LogP contribution in [0.5, 0.6) is 0 Å². The summed E-state index contributed by atoms with van der Waals surface area (Å²) in [7, 11) is 0. The van der Waals surface area contributed by atoms with Crippen LogP contribution in [0.2, 0.25) is 0 Å². The number of aryl methyl sites for hydroxylation is 2. The fourth-order valence-corrected chi connectivity index (χ4v) is 3.17. The van der Waals surface area contributed by atoms with E-state index in [9.17, 15) is 0 Å². The smallest absolute Gasteiger partial charge is 0.126 e. The van der Waals surface area contributed by atoms with Gasteiger partial charge in [-0.25, -0.2) is 4.98 Å². The van der Waals surface area contributed by atoms with Crippen LogP contribution >= 0.6 is 11.3 Å². The van der Waals surface area contributed by atoms with E-state index in [0.29, 0.717) is 0 Å². The first-order chi connectivity index (χ1) is 8.16. The van der Waals surface area contributed by atoms with Gasteiger partial charge in [0.25, 0.3) is 0 Å². The van der Waals surface area contributed by atoms with Gasteiger partial charge in [0.1, 0.15) is 16.8 Å². The van der Waals surface area contributed by atoms with E-state index >= 15 is 0 Å². The molecule has 3 rings (SSSR count). The number of fused-ring (bicyclic) bond motifs is 1. The van der Waals surface area contributed by atoms with Crippen LogP contribution in [0.1, 0.15) is 11.3 Å². The summed E-state index contributed by atoms with van der Waals surface area (Å²) in [5, 5.41) is 4.95. The Bertz CT molecular complexity index is 685. The second kappa shape index (κ2) is 3.56. The van der Waals surface area contributed by atoms with Gasteiger partial charge in [-0.05, 0) is 25.5 Å². The van der Waals surface area contributed by atoms with Crippen molar-refractivity contribution in [3.8, 4) is 10.6 Å². The molecular formula is C12H11N3OS. The van der Waals surface area contributed by atoms with E-state index in [2.05, 4.69) is 10.1 Å². The maximum absolute atomic E-state index is 6.17. The molecule has 86 valence electrons. The van der Waals surface area contributed by atoms with Gasteiger partial charge in [0.05, 0.1) is 10.6 Å². The van der Waals surface area contributed by atoms with E-state index in [0.717, 1.165) is 37.7 Å². The lowest BCUT2D eigenvalue weighted by Gasteiger charge is -1.99. The minimum Gasteiger partial charge on any atom is -0.397 e. The highest BCUT2D eigenvalue weighted by Crippen LogP contribution is 2.40. The molecule has 0 fully saturated rings. The molecule has 5 heteroatoms. The maximum atomic E-state index is 6.17. The molecule has 0 saturated heterocycles. The van der Waals surface area contributed by atoms with Crippen molar-refractivity contribution < 1.29 is 4.52 Å². The largest absolute Gasteiger partial charge is 0.397 e. The van der Waals surface area contributed by atoms with E-state index in [-0.39, 0.29) is 0 Å². The lowest BCUT2D eigenvalue weighted by atomic mass is 10.1. The van der Waals surface area contributed by atoms with E-state index in [1.165, 1.54) is 0 Å². The molecule has 3 heterocycles. The Kier molecular flexibility index (Phi) is 2.16. The van der Waals surface area contributed by atoms with Crippen LogP contribution in [0.4, 0.5) is 5.69 Å². The minimum atomic E-state index is 0.740. The van der Waals surface area contributed by atoms with Gasteiger partial charge in [-0.2, -0.15) is 0 Å². The quantitative estimate of drug-likeness (QED) is 0.715. The molecule has 0 aromatic carbocycles. The monoisotopic (exact) mass is 245 g/mol. The van der Waals surface area contributed by atoms with Gasteiger partial charge in [-0.3, -0.25) is 0 Å². The number of nitrogens with two attached hydrogens (primary N) is 1. The Morgan fingerprint density at radius 1 is 1.35 bits per heavy atom. The zero-order valence-corrected chi connectivity index (χ0v) is 10.3. The molecule has 0 aliphatic carbocycles. The molecular weight excluding hydrogens is 234 g/mol. The number of thiophene rings is 1. The molecule has 4 nitrogen and oxygen atoms in total. The molecule has 2 N–H and O–H groups in total. The third kappa shape index (κ3) is 1.51. The Labute approximate surface area is 102 Å². The van der Waals surface area contributed by atoms with Crippen LogP contribution < -0.4 is 5.73 Å². The predicted molar refractivity (Wildman–Crippen MR) is 69.0 cm³/mol. The topological polar surface area (TPSA) is 64.9 Å². The van der Waals surface area contributed by atoms with Crippen LogP contribution in [-0.4, -0.2) is 10.1 Å². The molecule has 0 amide bonds. The van der Waals surface area contributed by atoms with E-state index < -0.39 is 0 Å². The number of nitrogen functional groups attached to an aromatic ring is 1. The van der Waals surface area contributed by atoms with Crippen molar-refractivity contribution in [3.05, 3.63) is 29.7 Å². The van der Waals surface area contributed by atoms with Crippen molar-refractivity contribution in [1.29, 1.82) is 0 Å². The molecule has 0 unspecified atom stereocenters.